The highest BCUT2D eigenvalue weighted by Crippen LogP contribution is 2.33. The van der Waals surface area contributed by atoms with E-state index in [1.807, 2.05) is 38.7 Å². The van der Waals surface area contributed by atoms with Crippen LogP contribution >= 0.6 is 0 Å². The van der Waals surface area contributed by atoms with Gasteiger partial charge in [0.1, 0.15) is 11.5 Å². The van der Waals surface area contributed by atoms with E-state index in [-0.39, 0.29) is 23.1 Å². The van der Waals surface area contributed by atoms with Crippen LogP contribution in [-0.2, 0) is 0 Å². The number of carboxylic acid groups (broad SMARTS) is 1. The summed E-state index contributed by atoms with van der Waals surface area (Å²) in [6, 6.07) is 8.40. The Kier molecular flexibility index (Phi) is 6.12. The predicted molar refractivity (Wildman–Crippen MR) is 133 cm³/mol. The highest BCUT2D eigenvalue weighted by molar-refractivity contribution is 5.94. The Bertz CT molecular complexity index is 1320. The third kappa shape index (κ3) is 4.14. The summed E-state index contributed by atoms with van der Waals surface area (Å²) >= 11 is 0. The number of nitrogens with one attached hydrogen (secondary N) is 1. The van der Waals surface area contributed by atoms with Gasteiger partial charge in [0.15, 0.2) is 0 Å². The van der Waals surface area contributed by atoms with Gasteiger partial charge < -0.3 is 20.4 Å². The second-order valence-electron chi connectivity index (χ2n) is 9.68. The zero-order valence-corrected chi connectivity index (χ0v) is 20.3. The minimum Gasteiger partial charge on any atom is -0.478 e. The minimum atomic E-state index is -1.01. The Morgan fingerprint density at radius 1 is 1.21 bits per heavy atom. The summed E-state index contributed by atoms with van der Waals surface area (Å²) in [6.07, 6.45) is 2.40. The van der Waals surface area contributed by atoms with Gasteiger partial charge >= 0.3 is 5.97 Å². The van der Waals surface area contributed by atoms with Gasteiger partial charge in [0.25, 0.3) is 5.56 Å². The standard InChI is InChI=1S/C26H32N4O4/c1-15(2)26(34)10-11-29(14-26)22-17(4)24(31)30-13-16(3)12-20(23(30)28-22)18(5)27-21-9-7-6-8-19(21)25(32)33/h6-9,12-13,15,18,27,34H,10-11,14H2,1-5H3,(H,32,33)/t18-,26?/m1/s1. The van der Waals surface area contributed by atoms with Gasteiger partial charge in [-0.1, -0.05) is 26.0 Å². The Morgan fingerprint density at radius 2 is 1.91 bits per heavy atom. The van der Waals surface area contributed by atoms with Gasteiger partial charge in [-0.15, -0.1) is 0 Å². The summed E-state index contributed by atoms with van der Waals surface area (Å²) in [7, 11) is 0. The van der Waals surface area contributed by atoms with Crippen molar-refractivity contribution >= 4 is 23.1 Å². The van der Waals surface area contributed by atoms with Gasteiger partial charge in [0.05, 0.1) is 22.8 Å². The molecule has 0 bridgehead atoms. The zero-order valence-electron chi connectivity index (χ0n) is 20.3. The fourth-order valence-corrected chi connectivity index (χ4v) is 4.69. The third-order valence-corrected chi connectivity index (χ3v) is 6.94. The Morgan fingerprint density at radius 3 is 2.56 bits per heavy atom. The Labute approximate surface area is 198 Å². The number of hydrogen-bond donors (Lipinski definition) is 3. The van der Waals surface area contributed by atoms with Gasteiger partial charge in [0.2, 0.25) is 0 Å². The van der Waals surface area contributed by atoms with E-state index >= 15 is 0 Å². The maximum atomic E-state index is 13.4. The van der Waals surface area contributed by atoms with Crippen molar-refractivity contribution in [1.29, 1.82) is 0 Å². The first kappa shape index (κ1) is 23.8. The first-order chi connectivity index (χ1) is 16.0. The zero-order chi connectivity index (χ0) is 24.8. The summed E-state index contributed by atoms with van der Waals surface area (Å²) in [5.74, 6) is -0.329. The van der Waals surface area contributed by atoms with Crippen molar-refractivity contribution < 1.29 is 15.0 Å². The number of fused-ring (bicyclic) bond motifs is 1. The lowest BCUT2D eigenvalue weighted by Gasteiger charge is -2.28. The SMILES string of the molecule is Cc1cc([C@@H](C)Nc2ccccc2C(=O)O)c2nc(N3CCC(O)(C(C)C)C3)c(C)c(=O)n2c1. The van der Waals surface area contributed by atoms with E-state index in [9.17, 15) is 19.8 Å². The molecule has 34 heavy (non-hydrogen) atoms. The van der Waals surface area contributed by atoms with E-state index in [0.717, 1.165) is 11.1 Å². The molecule has 4 rings (SSSR count). The number of aliphatic hydroxyl groups is 1. The number of aryl methyl sites for hydroxylation is 1. The minimum absolute atomic E-state index is 0.0936. The number of para-hydroxylation sites is 1. The van der Waals surface area contributed by atoms with Gasteiger partial charge in [-0.3, -0.25) is 9.20 Å². The van der Waals surface area contributed by atoms with Crippen molar-refractivity contribution in [3.63, 3.8) is 0 Å². The molecule has 180 valence electrons. The molecular weight excluding hydrogens is 432 g/mol. The lowest BCUT2D eigenvalue weighted by Crippen LogP contribution is -2.39. The monoisotopic (exact) mass is 464 g/mol. The molecule has 1 aromatic carbocycles. The fraction of sp³-hybridized carbons (Fsp3) is 0.423. The topological polar surface area (TPSA) is 107 Å². The summed E-state index contributed by atoms with van der Waals surface area (Å²) in [6.45, 7) is 10.7. The van der Waals surface area contributed by atoms with Crippen molar-refractivity contribution in [2.75, 3.05) is 23.3 Å². The average molecular weight is 465 g/mol. The number of aromatic nitrogens is 2. The van der Waals surface area contributed by atoms with Crippen LogP contribution in [0.2, 0.25) is 0 Å². The molecule has 0 amide bonds. The molecule has 3 N–H and O–H groups in total. The molecule has 0 spiro atoms. The molecule has 3 aromatic rings. The second kappa shape index (κ2) is 8.76. The van der Waals surface area contributed by atoms with Crippen LogP contribution in [0.25, 0.3) is 5.65 Å². The molecule has 1 saturated heterocycles. The number of nitrogens with zero attached hydrogens (tertiary/aromatic N) is 3. The lowest BCUT2D eigenvalue weighted by atomic mass is 9.90. The summed E-state index contributed by atoms with van der Waals surface area (Å²) in [5, 5.41) is 23.8. The molecule has 0 aliphatic carbocycles. The number of carboxylic acids is 1. The van der Waals surface area contributed by atoms with Crippen molar-refractivity contribution in [1.82, 2.24) is 9.38 Å². The number of rotatable bonds is 6. The van der Waals surface area contributed by atoms with Crippen LogP contribution in [0.3, 0.4) is 0 Å². The normalized spacial score (nSPS) is 19.1. The molecule has 2 aromatic heterocycles. The number of hydrogen-bond acceptors (Lipinski definition) is 6. The van der Waals surface area contributed by atoms with E-state index in [0.29, 0.717) is 42.2 Å². The molecule has 8 heteroatoms. The average Bonchev–Trinajstić information content (AvgIpc) is 3.19. The quantitative estimate of drug-likeness (QED) is 0.510. The predicted octanol–water partition coefficient (Wildman–Crippen LogP) is 3.78. The molecular formula is C26H32N4O4. The first-order valence-electron chi connectivity index (χ1n) is 11.6. The molecule has 2 atom stereocenters. The summed E-state index contributed by atoms with van der Waals surface area (Å²) in [5.41, 5.74) is 2.46. The van der Waals surface area contributed by atoms with Gasteiger partial charge in [-0.2, -0.15) is 0 Å². The largest absolute Gasteiger partial charge is 0.478 e. The van der Waals surface area contributed by atoms with Crippen LogP contribution in [0.5, 0.6) is 0 Å². The highest BCUT2D eigenvalue weighted by Gasteiger charge is 2.40. The first-order valence-corrected chi connectivity index (χ1v) is 11.6. The molecule has 1 unspecified atom stereocenters. The summed E-state index contributed by atoms with van der Waals surface area (Å²) < 4.78 is 1.56. The van der Waals surface area contributed by atoms with Crippen LogP contribution in [0.15, 0.2) is 41.3 Å². The van der Waals surface area contributed by atoms with Crippen LogP contribution in [0.1, 0.15) is 60.3 Å². The van der Waals surface area contributed by atoms with Crippen LogP contribution in [0.4, 0.5) is 11.5 Å². The van der Waals surface area contributed by atoms with Crippen LogP contribution in [-0.4, -0.2) is 44.3 Å². The molecule has 1 fully saturated rings. The number of aromatic carboxylic acids is 1. The molecule has 0 radical (unpaired) electrons. The Balaban J connectivity index is 1.81. The van der Waals surface area contributed by atoms with Crippen molar-refractivity contribution in [2.45, 2.75) is 52.7 Å². The van der Waals surface area contributed by atoms with Crippen molar-refractivity contribution in [2.24, 2.45) is 5.92 Å². The fourth-order valence-electron chi connectivity index (χ4n) is 4.69. The number of pyridine rings is 1. The summed E-state index contributed by atoms with van der Waals surface area (Å²) in [4.78, 5) is 31.9. The smallest absolute Gasteiger partial charge is 0.337 e. The number of anilines is 2. The maximum absolute atomic E-state index is 13.4. The number of benzene rings is 1. The van der Waals surface area contributed by atoms with E-state index < -0.39 is 11.6 Å². The maximum Gasteiger partial charge on any atom is 0.337 e. The molecule has 8 nitrogen and oxygen atoms in total. The number of carbonyl (C=O) groups is 1. The highest BCUT2D eigenvalue weighted by atomic mass is 16.4. The number of β-amino-alcohol motifs (C(OH)–C–C–N with tert-alkyl or cyclic N) is 1. The van der Waals surface area contributed by atoms with E-state index in [1.54, 1.807) is 41.8 Å². The van der Waals surface area contributed by atoms with Crippen LogP contribution < -0.4 is 15.8 Å². The van der Waals surface area contributed by atoms with E-state index in [4.69, 9.17) is 4.98 Å². The molecule has 1 aliphatic rings. The van der Waals surface area contributed by atoms with Crippen LogP contribution in [0, 0.1) is 19.8 Å². The van der Waals surface area contributed by atoms with Gasteiger partial charge in [0, 0.05) is 30.5 Å². The van der Waals surface area contributed by atoms with Gasteiger partial charge in [-0.05, 0) is 56.9 Å². The molecule has 1 aliphatic heterocycles. The second-order valence-corrected chi connectivity index (χ2v) is 9.68. The van der Waals surface area contributed by atoms with Crippen molar-refractivity contribution in [3.8, 4) is 0 Å². The molecule has 0 saturated carbocycles. The van der Waals surface area contributed by atoms with Gasteiger partial charge in [-0.25, -0.2) is 9.78 Å². The van der Waals surface area contributed by atoms with Crippen molar-refractivity contribution in [3.05, 3.63) is 69.1 Å². The van der Waals surface area contributed by atoms with E-state index in [1.165, 1.54) is 0 Å². The Hall–Kier alpha value is -3.39. The molecule has 3 heterocycles. The third-order valence-electron chi connectivity index (χ3n) is 6.94. The lowest BCUT2D eigenvalue weighted by molar-refractivity contribution is 0.0167. The van der Waals surface area contributed by atoms with E-state index in [2.05, 4.69) is 5.32 Å².